The highest BCUT2D eigenvalue weighted by atomic mass is 15.0. The summed E-state index contributed by atoms with van der Waals surface area (Å²) in [6.07, 6.45) is 28.4. The van der Waals surface area contributed by atoms with Crippen molar-refractivity contribution < 1.29 is 0 Å². The van der Waals surface area contributed by atoms with Crippen LogP contribution in [0.25, 0.3) is 0 Å². The summed E-state index contributed by atoms with van der Waals surface area (Å²) >= 11 is 0. The van der Waals surface area contributed by atoms with Gasteiger partial charge in [0.1, 0.15) is 0 Å². The van der Waals surface area contributed by atoms with Crippen LogP contribution in [-0.4, -0.2) is 39.3 Å². The van der Waals surface area contributed by atoms with Gasteiger partial charge in [-0.05, 0) is 25.9 Å². The van der Waals surface area contributed by atoms with Gasteiger partial charge < -0.3 is 16.0 Å². The Bertz CT molecular complexity index is 268. The van der Waals surface area contributed by atoms with E-state index in [1.54, 1.807) is 0 Å². The first kappa shape index (κ1) is 30.9. The fourth-order valence-corrected chi connectivity index (χ4v) is 4.20. The molecule has 0 fully saturated rings. The molecule has 0 aromatic carbocycles. The number of nitrogens with one attached hydrogen (secondary N) is 3. The van der Waals surface area contributed by atoms with Crippen molar-refractivity contribution in [1.29, 1.82) is 0 Å². The Kier molecular flexibility index (Phi) is 29.8. The third-order valence-corrected chi connectivity index (χ3v) is 6.37. The molecule has 0 aliphatic heterocycles. The summed E-state index contributed by atoms with van der Waals surface area (Å²) < 4.78 is 0. The molecule has 188 valence electrons. The topological polar surface area (TPSA) is 36.1 Å². The highest BCUT2D eigenvalue weighted by Gasteiger charge is 1.95. The van der Waals surface area contributed by atoms with E-state index in [0.29, 0.717) is 0 Å². The first-order valence-electron chi connectivity index (χ1n) is 14.5. The summed E-state index contributed by atoms with van der Waals surface area (Å²) in [6, 6.07) is 0. The van der Waals surface area contributed by atoms with Gasteiger partial charge in [-0.25, -0.2) is 0 Å². The van der Waals surface area contributed by atoms with E-state index in [1.165, 1.54) is 142 Å². The van der Waals surface area contributed by atoms with Crippen LogP contribution >= 0.6 is 0 Å². The second-order valence-electron chi connectivity index (χ2n) is 9.61. The minimum atomic E-state index is 1.09. The second kappa shape index (κ2) is 29.9. The minimum Gasteiger partial charge on any atom is -0.315 e. The van der Waals surface area contributed by atoms with Gasteiger partial charge in [-0.3, -0.25) is 0 Å². The van der Waals surface area contributed by atoms with Crippen LogP contribution < -0.4 is 16.0 Å². The average Bonchev–Trinajstić information content (AvgIpc) is 2.78. The molecule has 0 amide bonds. The SMILES string of the molecule is CCCCCCCCCCCCNCCNCCNCCCCCCCCCCCC. The van der Waals surface area contributed by atoms with E-state index in [4.69, 9.17) is 0 Å². The molecule has 0 unspecified atom stereocenters. The summed E-state index contributed by atoms with van der Waals surface area (Å²) in [5.74, 6) is 0. The summed E-state index contributed by atoms with van der Waals surface area (Å²) in [7, 11) is 0. The van der Waals surface area contributed by atoms with E-state index in [9.17, 15) is 0 Å². The fraction of sp³-hybridized carbons (Fsp3) is 1.00. The Morgan fingerprint density at radius 3 is 0.774 bits per heavy atom. The minimum absolute atomic E-state index is 1.09. The Morgan fingerprint density at radius 1 is 0.258 bits per heavy atom. The molecule has 3 heteroatoms. The maximum absolute atomic E-state index is 3.58. The molecule has 0 bridgehead atoms. The largest absolute Gasteiger partial charge is 0.315 e. The number of hydrogen-bond acceptors (Lipinski definition) is 3. The van der Waals surface area contributed by atoms with Crippen molar-refractivity contribution in [3.05, 3.63) is 0 Å². The molecule has 0 rings (SSSR count). The summed E-state index contributed by atoms with van der Waals surface area (Å²) in [6.45, 7) is 11.4. The van der Waals surface area contributed by atoms with Crippen LogP contribution in [0.4, 0.5) is 0 Å². The molecular weight excluding hydrogens is 378 g/mol. The van der Waals surface area contributed by atoms with E-state index in [2.05, 4.69) is 29.8 Å². The van der Waals surface area contributed by atoms with E-state index in [-0.39, 0.29) is 0 Å². The molecule has 0 atom stereocenters. The third kappa shape index (κ3) is 29.9. The van der Waals surface area contributed by atoms with Gasteiger partial charge >= 0.3 is 0 Å². The van der Waals surface area contributed by atoms with Gasteiger partial charge in [0.15, 0.2) is 0 Å². The van der Waals surface area contributed by atoms with Gasteiger partial charge in [-0.15, -0.1) is 0 Å². The molecule has 3 nitrogen and oxygen atoms in total. The standard InChI is InChI=1S/C28H61N3/c1-3-5-7-9-11-13-15-17-19-21-23-29-25-27-31-28-26-30-24-22-20-18-16-14-12-10-8-6-4-2/h29-31H,3-28H2,1-2H3. The zero-order valence-electron chi connectivity index (χ0n) is 21.9. The van der Waals surface area contributed by atoms with Crippen molar-refractivity contribution in [2.45, 2.75) is 142 Å². The zero-order valence-corrected chi connectivity index (χ0v) is 21.9. The van der Waals surface area contributed by atoms with Crippen molar-refractivity contribution in [3.63, 3.8) is 0 Å². The predicted octanol–water partition coefficient (Wildman–Crippen LogP) is 7.60. The van der Waals surface area contributed by atoms with Gasteiger partial charge in [0.25, 0.3) is 0 Å². The quantitative estimate of drug-likeness (QED) is 0.110. The molecule has 0 aliphatic carbocycles. The van der Waals surface area contributed by atoms with Gasteiger partial charge in [0, 0.05) is 26.2 Å². The van der Waals surface area contributed by atoms with Gasteiger partial charge in [-0.1, -0.05) is 129 Å². The van der Waals surface area contributed by atoms with Gasteiger partial charge in [0.05, 0.1) is 0 Å². The molecule has 0 aromatic rings. The van der Waals surface area contributed by atoms with Crippen molar-refractivity contribution in [1.82, 2.24) is 16.0 Å². The molecule has 0 heterocycles. The van der Waals surface area contributed by atoms with Gasteiger partial charge in [0.2, 0.25) is 0 Å². The van der Waals surface area contributed by atoms with E-state index in [1.807, 2.05) is 0 Å². The van der Waals surface area contributed by atoms with Crippen LogP contribution in [0, 0.1) is 0 Å². The van der Waals surface area contributed by atoms with E-state index >= 15 is 0 Å². The average molecular weight is 440 g/mol. The fourth-order valence-electron chi connectivity index (χ4n) is 4.20. The Hall–Kier alpha value is -0.120. The number of rotatable bonds is 28. The molecule has 0 aromatic heterocycles. The van der Waals surface area contributed by atoms with Crippen LogP contribution in [0.5, 0.6) is 0 Å². The van der Waals surface area contributed by atoms with E-state index in [0.717, 1.165) is 26.2 Å². The first-order valence-corrected chi connectivity index (χ1v) is 14.5. The Labute approximate surface area is 197 Å². The highest BCUT2D eigenvalue weighted by molar-refractivity contribution is 4.56. The van der Waals surface area contributed by atoms with E-state index < -0.39 is 0 Å². The van der Waals surface area contributed by atoms with Crippen LogP contribution in [0.3, 0.4) is 0 Å². The smallest absolute Gasteiger partial charge is 0.00772 e. The molecule has 3 N–H and O–H groups in total. The lowest BCUT2D eigenvalue weighted by Crippen LogP contribution is -2.33. The van der Waals surface area contributed by atoms with Crippen molar-refractivity contribution in [2.75, 3.05) is 39.3 Å². The normalized spacial score (nSPS) is 11.4. The maximum atomic E-state index is 3.58. The van der Waals surface area contributed by atoms with Gasteiger partial charge in [-0.2, -0.15) is 0 Å². The molecule has 0 saturated carbocycles. The second-order valence-corrected chi connectivity index (χ2v) is 9.61. The maximum Gasteiger partial charge on any atom is 0.00772 e. The van der Waals surface area contributed by atoms with Crippen LogP contribution in [0.1, 0.15) is 142 Å². The number of hydrogen-bond donors (Lipinski definition) is 3. The Balaban J connectivity index is 2.98. The summed E-state index contributed by atoms with van der Waals surface area (Å²) in [4.78, 5) is 0. The third-order valence-electron chi connectivity index (χ3n) is 6.37. The molecule has 0 saturated heterocycles. The predicted molar refractivity (Wildman–Crippen MR) is 142 cm³/mol. The highest BCUT2D eigenvalue weighted by Crippen LogP contribution is 2.11. The lowest BCUT2D eigenvalue weighted by atomic mass is 10.1. The monoisotopic (exact) mass is 439 g/mol. The van der Waals surface area contributed by atoms with Crippen molar-refractivity contribution in [2.24, 2.45) is 0 Å². The first-order chi connectivity index (χ1) is 15.4. The van der Waals surface area contributed by atoms with Crippen molar-refractivity contribution >= 4 is 0 Å². The van der Waals surface area contributed by atoms with Crippen LogP contribution in [0.2, 0.25) is 0 Å². The lowest BCUT2D eigenvalue weighted by Gasteiger charge is -2.08. The Morgan fingerprint density at radius 2 is 0.484 bits per heavy atom. The zero-order chi connectivity index (χ0) is 22.5. The molecule has 31 heavy (non-hydrogen) atoms. The lowest BCUT2D eigenvalue weighted by molar-refractivity contribution is 0.528. The van der Waals surface area contributed by atoms with Crippen LogP contribution in [0.15, 0.2) is 0 Å². The number of unbranched alkanes of at least 4 members (excludes halogenated alkanes) is 18. The molecule has 0 radical (unpaired) electrons. The van der Waals surface area contributed by atoms with Crippen LogP contribution in [-0.2, 0) is 0 Å². The molecule has 0 spiro atoms. The van der Waals surface area contributed by atoms with Crippen molar-refractivity contribution in [3.8, 4) is 0 Å². The summed E-state index contributed by atoms with van der Waals surface area (Å²) in [5, 5.41) is 10.7. The molecule has 0 aliphatic rings. The molecular formula is C28H61N3. The summed E-state index contributed by atoms with van der Waals surface area (Å²) in [5.41, 5.74) is 0.